The lowest BCUT2D eigenvalue weighted by Crippen LogP contribution is -2.41. The van der Waals surface area contributed by atoms with E-state index in [2.05, 4.69) is 15.3 Å². The van der Waals surface area contributed by atoms with Crippen LogP contribution < -0.4 is 0 Å². The zero-order valence-electron chi connectivity index (χ0n) is 14.6. The van der Waals surface area contributed by atoms with Gasteiger partial charge >= 0.3 is 0 Å². The van der Waals surface area contributed by atoms with Crippen LogP contribution in [-0.2, 0) is 24.4 Å². The zero-order valence-corrected chi connectivity index (χ0v) is 14.6. The van der Waals surface area contributed by atoms with Gasteiger partial charge in [-0.25, -0.2) is 4.39 Å². The molecule has 0 fully saturated rings. The number of nitrogens with zero attached hydrogens (tertiary/aromatic N) is 6. The largest absolute Gasteiger partial charge is 0.329 e. The minimum Gasteiger partial charge on any atom is -0.329 e. The van der Waals surface area contributed by atoms with Crippen molar-refractivity contribution in [3.05, 3.63) is 53.7 Å². The Hall–Kier alpha value is -3.03. The van der Waals surface area contributed by atoms with Gasteiger partial charge in [0.05, 0.1) is 6.54 Å². The van der Waals surface area contributed by atoms with E-state index in [9.17, 15) is 9.18 Å². The third-order valence-electron chi connectivity index (χ3n) is 4.61. The topological polar surface area (TPSA) is 68.8 Å². The average molecular weight is 354 g/mol. The smallest absolute Gasteiger partial charge is 0.246 e. The molecule has 0 aliphatic carbocycles. The third kappa shape index (κ3) is 2.77. The van der Waals surface area contributed by atoms with Gasteiger partial charge in [-0.15, -0.1) is 10.2 Å². The molecule has 3 aromatic rings. The highest BCUT2D eigenvalue weighted by molar-refractivity contribution is 5.81. The number of hydrogen-bond donors (Lipinski definition) is 0. The number of benzene rings is 1. The van der Waals surface area contributed by atoms with Crippen molar-refractivity contribution in [2.75, 3.05) is 0 Å². The van der Waals surface area contributed by atoms with Crippen LogP contribution >= 0.6 is 0 Å². The van der Waals surface area contributed by atoms with Gasteiger partial charge in [0.25, 0.3) is 0 Å². The molecule has 0 saturated heterocycles. The van der Waals surface area contributed by atoms with Gasteiger partial charge in [0.15, 0.2) is 11.6 Å². The second kappa shape index (κ2) is 6.36. The summed E-state index contributed by atoms with van der Waals surface area (Å²) in [5.41, 5.74) is 1.45. The van der Waals surface area contributed by atoms with Crippen LogP contribution in [0.1, 0.15) is 31.3 Å². The summed E-state index contributed by atoms with van der Waals surface area (Å²) in [4.78, 5) is 14.5. The summed E-state index contributed by atoms with van der Waals surface area (Å²) in [6, 6.07) is 7.72. The molecule has 1 aromatic carbocycles. The molecule has 8 heteroatoms. The Balaban J connectivity index is 1.64. The minimum absolute atomic E-state index is 0.0438. The first-order chi connectivity index (χ1) is 12.6. The van der Waals surface area contributed by atoms with Crippen LogP contribution in [0.2, 0.25) is 0 Å². The zero-order chi connectivity index (χ0) is 18.3. The van der Waals surface area contributed by atoms with Gasteiger partial charge in [-0.05, 0) is 37.6 Å². The van der Waals surface area contributed by atoms with Crippen LogP contribution in [0.25, 0.3) is 11.5 Å². The van der Waals surface area contributed by atoms with Gasteiger partial charge in [0, 0.05) is 19.3 Å². The SMILES string of the molecule is CCn1ccc(-c2nnc3n2[C@@H](C)C(=O)N(Cc2cccc(F)c2)C3)n1. The monoisotopic (exact) mass is 354 g/mol. The van der Waals surface area contributed by atoms with Crippen molar-refractivity contribution in [3.8, 4) is 11.5 Å². The van der Waals surface area contributed by atoms with E-state index in [0.717, 1.165) is 12.1 Å². The quantitative estimate of drug-likeness (QED) is 0.721. The summed E-state index contributed by atoms with van der Waals surface area (Å²) in [5.74, 6) is 0.947. The normalized spacial score (nSPS) is 16.8. The number of halogens is 1. The number of carbonyl (C=O) groups excluding carboxylic acids is 1. The van der Waals surface area contributed by atoms with E-state index < -0.39 is 6.04 Å². The molecule has 3 heterocycles. The second-order valence-corrected chi connectivity index (χ2v) is 6.37. The lowest BCUT2D eigenvalue weighted by atomic mass is 10.1. The fraction of sp³-hybridized carbons (Fsp3) is 0.333. The fourth-order valence-electron chi connectivity index (χ4n) is 3.28. The highest BCUT2D eigenvalue weighted by Crippen LogP contribution is 2.28. The van der Waals surface area contributed by atoms with Gasteiger partial charge in [0.2, 0.25) is 5.91 Å². The van der Waals surface area contributed by atoms with Gasteiger partial charge < -0.3 is 4.90 Å². The lowest BCUT2D eigenvalue weighted by Gasteiger charge is -2.32. The van der Waals surface area contributed by atoms with E-state index in [4.69, 9.17) is 0 Å². The van der Waals surface area contributed by atoms with E-state index in [1.54, 1.807) is 11.0 Å². The first kappa shape index (κ1) is 16.4. The molecule has 1 aliphatic heterocycles. The fourth-order valence-corrected chi connectivity index (χ4v) is 3.28. The highest BCUT2D eigenvalue weighted by Gasteiger charge is 2.34. The molecule has 134 valence electrons. The summed E-state index contributed by atoms with van der Waals surface area (Å²) in [7, 11) is 0. The van der Waals surface area contributed by atoms with E-state index in [1.807, 2.05) is 41.4 Å². The van der Waals surface area contributed by atoms with E-state index in [0.29, 0.717) is 30.4 Å². The molecule has 0 bridgehead atoms. The van der Waals surface area contributed by atoms with Crippen molar-refractivity contribution >= 4 is 5.91 Å². The van der Waals surface area contributed by atoms with Crippen LogP contribution in [0.15, 0.2) is 36.5 Å². The molecule has 1 atom stereocenters. The highest BCUT2D eigenvalue weighted by atomic mass is 19.1. The summed E-state index contributed by atoms with van der Waals surface area (Å²) in [6.45, 7) is 5.27. The molecule has 2 aromatic heterocycles. The molecule has 4 rings (SSSR count). The molecule has 1 amide bonds. The molecular formula is C18H19FN6O. The van der Waals surface area contributed by atoms with Crippen molar-refractivity contribution in [2.45, 2.75) is 39.5 Å². The average Bonchev–Trinajstić information content (AvgIpc) is 3.26. The van der Waals surface area contributed by atoms with Crippen molar-refractivity contribution in [2.24, 2.45) is 0 Å². The second-order valence-electron chi connectivity index (χ2n) is 6.37. The first-order valence-corrected chi connectivity index (χ1v) is 8.57. The first-order valence-electron chi connectivity index (χ1n) is 8.57. The van der Waals surface area contributed by atoms with Crippen molar-refractivity contribution in [3.63, 3.8) is 0 Å². The molecule has 0 saturated carbocycles. The number of fused-ring (bicyclic) bond motifs is 1. The molecule has 1 aliphatic rings. The van der Waals surface area contributed by atoms with E-state index in [-0.39, 0.29) is 11.7 Å². The lowest BCUT2D eigenvalue weighted by molar-refractivity contribution is -0.137. The Bertz CT molecular complexity index is 962. The number of hydrogen-bond acceptors (Lipinski definition) is 4. The Labute approximate surface area is 150 Å². The number of carbonyl (C=O) groups is 1. The summed E-state index contributed by atoms with van der Waals surface area (Å²) in [5, 5.41) is 13.0. The van der Waals surface area contributed by atoms with Crippen LogP contribution in [-0.4, -0.2) is 35.4 Å². The maximum absolute atomic E-state index is 13.4. The molecule has 0 spiro atoms. The Kier molecular flexibility index (Phi) is 4.02. The number of amides is 1. The summed E-state index contributed by atoms with van der Waals surface area (Å²) >= 11 is 0. The third-order valence-corrected chi connectivity index (χ3v) is 4.61. The van der Waals surface area contributed by atoms with E-state index >= 15 is 0 Å². The van der Waals surface area contributed by atoms with Gasteiger partial charge in [-0.3, -0.25) is 14.0 Å². The molecule has 7 nitrogen and oxygen atoms in total. The Morgan fingerprint density at radius 3 is 2.85 bits per heavy atom. The number of rotatable bonds is 4. The van der Waals surface area contributed by atoms with E-state index in [1.165, 1.54) is 12.1 Å². The molecule has 0 unspecified atom stereocenters. The summed E-state index contributed by atoms with van der Waals surface area (Å²) < 4.78 is 17.1. The maximum Gasteiger partial charge on any atom is 0.246 e. The van der Waals surface area contributed by atoms with Crippen LogP contribution in [0, 0.1) is 5.82 Å². The molecule has 0 radical (unpaired) electrons. The molecule has 0 N–H and O–H groups in total. The van der Waals surface area contributed by atoms with Crippen LogP contribution in [0.4, 0.5) is 4.39 Å². The number of aromatic nitrogens is 5. The van der Waals surface area contributed by atoms with Gasteiger partial charge in [-0.1, -0.05) is 12.1 Å². The van der Waals surface area contributed by atoms with Crippen LogP contribution in [0.5, 0.6) is 0 Å². The maximum atomic E-state index is 13.4. The van der Waals surface area contributed by atoms with Crippen LogP contribution in [0.3, 0.4) is 0 Å². The van der Waals surface area contributed by atoms with Gasteiger partial charge in [0.1, 0.15) is 17.6 Å². The molecular weight excluding hydrogens is 335 g/mol. The predicted octanol–water partition coefficient (Wildman–Crippen LogP) is 2.40. The van der Waals surface area contributed by atoms with Crippen molar-refractivity contribution in [1.29, 1.82) is 0 Å². The summed E-state index contributed by atoms with van der Waals surface area (Å²) in [6.07, 6.45) is 1.88. The van der Waals surface area contributed by atoms with Gasteiger partial charge in [-0.2, -0.15) is 5.10 Å². The number of aryl methyl sites for hydroxylation is 1. The molecule has 26 heavy (non-hydrogen) atoms. The van der Waals surface area contributed by atoms with Crippen molar-refractivity contribution < 1.29 is 9.18 Å². The van der Waals surface area contributed by atoms with Crippen molar-refractivity contribution in [1.82, 2.24) is 29.4 Å². The predicted molar refractivity (Wildman–Crippen MR) is 92.3 cm³/mol. The Morgan fingerprint density at radius 2 is 2.12 bits per heavy atom. The standard InChI is InChI=1S/C18H19FN6O/c1-3-24-8-7-15(22-24)17-21-20-16-11-23(18(26)12(2)25(16)17)10-13-5-4-6-14(19)9-13/h4-9,12H,3,10-11H2,1-2H3/t12-/m0/s1. The Morgan fingerprint density at radius 1 is 1.27 bits per heavy atom. The minimum atomic E-state index is -0.441.